The van der Waals surface area contributed by atoms with Crippen LogP contribution in [0, 0.1) is 5.92 Å². The van der Waals surface area contributed by atoms with Gasteiger partial charge in [0.1, 0.15) is 5.75 Å². The quantitative estimate of drug-likeness (QED) is 0.640. The highest BCUT2D eigenvalue weighted by Crippen LogP contribution is 2.32. The van der Waals surface area contributed by atoms with Crippen LogP contribution in [0.1, 0.15) is 37.2 Å². The van der Waals surface area contributed by atoms with E-state index in [0.29, 0.717) is 19.1 Å². The fourth-order valence-electron chi connectivity index (χ4n) is 3.21. The first kappa shape index (κ1) is 18.9. The largest absolute Gasteiger partial charge is 0.497 e. The van der Waals surface area contributed by atoms with E-state index in [9.17, 15) is 0 Å². The number of hydrogen-bond donors (Lipinski definition) is 0. The lowest BCUT2D eigenvalue weighted by molar-refractivity contribution is -0.245. The molecule has 0 bridgehead atoms. The SMILES string of the molecule is CC[C@@H]1CO[C@@H](c2ccccc2)O[C@H]1CCOCc1ccc(OC)cc1. The van der Waals surface area contributed by atoms with Crippen LogP contribution in [0.4, 0.5) is 0 Å². The van der Waals surface area contributed by atoms with Gasteiger partial charge in [-0.1, -0.05) is 49.4 Å². The van der Waals surface area contributed by atoms with Crippen molar-refractivity contribution in [2.24, 2.45) is 5.92 Å². The molecule has 0 aliphatic carbocycles. The van der Waals surface area contributed by atoms with Crippen molar-refractivity contribution >= 4 is 0 Å². The summed E-state index contributed by atoms with van der Waals surface area (Å²) < 4.78 is 23.2. The second-order valence-electron chi connectivity index (χ2n) is 6.61. The van der Waals surface area contributed by atoms with Crippen molar-refractivity contribution in [3.8, 4) is 5.75 Å². The molecule has 1 aliphatic rings. The minimum absolute atomic E-state index is 0.162. The normalized spacial score (nSPS) is 22.9. The van der Waals surface area contributed by atoms with Gasteiger partial charge in [0.15, 0.2) is 6.29 Å². The standard InChI is InChI=1S/C22H28O4/c1-3-18-16-25-22(19-7-5-4-6-8-19)26-21(18)13-14-24-15-17-9-11-20(23-2)12-10-17/h4-12,18,21-22H,3,13-16H2,1-2H3/t18-,21+,22-/m1/s1. The summed E-state index contributed by atoms with van der Waals surface area (Å²) in [5.74, 6) is 1.28. The molecule has 0 N–H and O–H groups in total. The average molecular weight is 356 g/mol. The smallest absolute Gasteiger partial charge is 0.184 e. The maximum absolute atomic E-state index is 6.24. The summed E-state index contributed by atoms with van der Waals surface area (Å²) in [5.41, 5.74) is 2.22. The lowest BCUT2D eigenvalue weighted by Gasteiger charge is -2.36. The number of methoxy groups -OCH3 is 1. The molecular weight excluding hydrogens is 328 g/mol. The summed E-state index contributed by atoms with van der Waals surface area (Å²) in [6, 6.07) is 18.1. The first-order chi connectivity index (χ1) is 12.8. The molecule has 0 unspecified atom stereocenters. The molecule has 3 rings (SSSR count). The predicted molar refractivity (Wildman–Crippen MR) is 101 cm³/mol. The molecule has 1 aliphatic heterocycles. The summed E-state index contributed by atoms with van der Waals surface area (Å²) in [4.78, 5) is 0. The third kappa shape index (κ3) is 5.07. The number of benzene rings is 2. The molecule has 0 spiro atoms. The van der Waals surface area contributed by atoms with Crippen LogP contribution in [-0.4, -0.2) is 26.4 Å². The molecular formula is C22H28O4. The van der Waals surface area contributed by atoms with Crippen molar-refractivity contribution in [3.05, 3.63) is 65.7 Å². The molecule has 0 aromatic heterocycles. The number of ether oxygens (including phenoxy) is 4. The highest BCUT2D eigenvalue weighted by Gasteiger charge is 2.31. The van der Waals surface area contributed by atoms with E-state index >= 15 is 0 Å². The summed E-state index contributed by atoms with van der Waals surface area (Å²) in [5, 5.41) is 0. The molecule has 4 nitrogen and oxygen atoms in total. The van der Waals surface area contributed by atoms with E-state index in [2.05, 4.69) is 6.92 Å². The van der Waals surface area contributed by atoms with Crippen molar-refractivity contribution in [2.75, 3.05) is 20.3 Å². The topological polar surface area (TPSA) is 36.9 Å². The van der Waals surface area contributed by atoms with Crippen LogP contribution in [0.3, 0.4) is 0 Å². The van der Waals surface area contributed by atoms with Gasteiger partial charge in [0, 0.05) is 18.1 Å². The fourth-order valence-corrected chi connectivity index (χ4v) is 3.21. The van der Waals surface area contributed by atoms with Crippen molar-refractivity contribution in [2.45, 2.75) is 38.8 Å². The van der Waals surface area contributed by atoms with Gasteiger partial charge in [0.25, 0.3) is 0 Å². The Kier molecular flexibility index (Phi) is 7.06. The van der Waals surface area contributed by atoms with Crippen molar-refractivity contribution in [1.82, 2.24) is 0 Å². The molecule has 0 saturated carbocycles. The Labute approximate surface area is 156 Å². The Morgan fingerprint density at radius 2 is 1.81 bits per heavy atom. The van der Waals surface area contributed by atoms with E-state index in [1.54, 1.807) is 7.11 Å². The molecule has 140 valence electrons. The molecule has 1 heterocycles. The van der Waals surface area contributed by atoms with Gasteiger partial charge < -0.3 is 18.9 Å². The molecule has 4 heteroatoms. The van der Waals surface area contributed by atoms with Gasteiger partial charge in [-0.25, -0.2) is 0 Å². The molecule has 0 amide bonds. The molecule has 2 aromatic carbocycles. The monoisotopic (exact) mass is 356 g/mol. The van der Waals surface area contributed by atoms with Gasteiger partial charge in [-0.15, -0.1) is 0 Å². The van der Waals surface area contributed by atoms with Crippen LogP contribution in [0.2, 0.25) is 0 Å². The average Bonchev–Trinajstić information content (AvgIpc) is 2.72. The first-order valence-corrected chi connectivity index (χ1v) is 9.32. The first-order valence-electron chi connectivity index (χ1n) is 9.32. The zero-order valence-corrected chi connectivity index (χ0v) is 15.6. The van der Waals surface area contributed by atoms with Crippen LogP contribution in [-0.2, 0) is 20.8 Å². The molecule has 1 saturated heterocycles. The Morgan fingerprint density at radius 3 is 2.50 bits per heavy atom. The van der Waals surface area contributed by atoms with Gasteiger partial charge in [-0.3, -0.25) is 0 Å². The summed E-state index contributed by atoms with van der Waals surface area (Å²) in [6.45, 7) is 4.20. The van der Waals surface area contributed by atoms with E-state index in [1.807, 2.05) is 54.6 Å². The van der Waals surface area contributed by atoms with Crippen molar-refractivity contribution in [3.63, 3.8) is 0 Å². The highest BCUT2D eigenvalue weighted by atomic mass is 16.7. The molecule has 26 heavy (non-hydrogen) atoms. The van der Waals surface area contributed by atoms with Crippen LogP contribution in [0.15, 0.2) is 54.6 Å². The molecule has 0 radical (unpaired) electrons. The van der Waals surface area contributed by atoms with Gasteiger partial charge in [-0.05, 0) is 30.5 Å². The Bertz CT molecular complexity index is 641. The second kappa shape index (κ2) is 9.72. The fraction of sp³-hybridized carbons (Fsp3) is 0.455. The number of rotatable bonds is 8. The maximum Gasteiger partial charge on any atom is 0.184 e. The van der Waals surface area contributed by atoms with Crippen LogP contribution in [0.25, 0.3) is 0 Å². The van der Waals surface area contributed by atoms with Crippen LogP contribution >= 0.6 is 0 Å². The highest BCUT2D eigenvalue weighted by molar-refractivity contribution is 5.26. The van der Waals surface area contributed by atoms with E-state index in [1.165, 1.54) is 0 Å². The lowest BCUT2D eigenvalue weighted by Crippen LogP contribution is -2.36. The van der Waals surface area contributed by atoms with Crippen molar-refractivity contribution < 1.29 is 18.9 Å². The van der Waals surface area contributed by atoms with Gasteiger partial charge in [-0.2, -0.15) is 0 Å². The lowest BCUT2D eigenvalue weighted by atomic mass is 9.96. The Morgan fingerprint density at radius 1 is 1.04 bits per heavy atom. The van der Waals surface area contributed by atoms with Crippen LogP contribution < -0.4 is 4.74 Å². The van der Waals surface area contributed by atoms with E-state index in [0.717, 1.165) is 36.3 Å². The summed E-state index contributed by atoms with van der Waals surface area (Å²) in [6.07, 6.45) is 1.81. The second-order valence-corrected chi connectivity index (χ2v) is 6.61. The molecule has 3 atom stereocenters. The van der Waals surface area contributed by atoms with Crippen LogP contribution in [0.5, 0.6) is 5.75 Å². The Hall–Kier alpha value is -1.88. The predicted octanol–water partition coefficient (Wildman–Crippen LogP) is 4.74. The Balaban J connectivity index is 1.48. The summed E-state index contributed by atoms with van der Waals surface area (Å²) >= 11 is 0. The minimum atomic E-state index is -0.273. The maximum atomic E-state index is 6.24. The van der Waals surface area contributed by atoms with Gasteiger partial charge >= 0.3 is 0 Å². The van der Waals surface area contributed by atoms with E-state index < -0.39 is 0 Å². The van der Waals surface area contributed by atoms with Gasteiger partial charge in [0.2, 0.25) is 0 Å². The third-order valence-corrected chi connectivity index (χ3v) is 4.86. The molecule has 1 fully saturated rings. The summed E-state index contributed by atoms with van der Waals surface area (Å²) in [7, 11) is 1.67. The third-order valence-electron chi connectivity index (χ3n) is 4.86. The van der Waals surface area contributed by atoms with E-state index in [-0.39, 0.29) is 12.4 Å². The minimum Gasteiger partial charge on any atom is -0.497 e. The van der Waals surface area contributed by atoms with Gasteiger partial charge in [0.05, 0.1) is 26.4 Å². The molecule has 2 aromatic rings. The van der Waals surface area contributed by atoms with Crippen molar-refractivity contribution in [1.29, 1.82) is 0 Å². The number of hydrogen-bond acceptors (Lipinski definition) is 4. The van der Waals surface area contributed by atoms with E-state index in [4.69, 9.17) is 18.9 Å². The zero-order valence-electron chi connectivity index (χ0n) is 15.6. The zero-order chi connectivity index (χ0) is 18.2.